The Bertz CT molecular complexity index is 1380. The first-order chi connectivity index (χ1) is 19.0. The van der Waals surface area contributed by atoms with Gasteiger partial charge in [0.05, 0.1) is 6.04 Å². The largest absolute Gasteiger partial charge is 0.482 e. The average Bonchev–Trinajstić information content (AvgIpc) is 3.37. The van der Waals surface area contributed by atoms with E-state index in [1.54, 1.807) is 24.3 Å². The van der Waals surface area contributed by atoms with Crippen LogP contribution in [0.2, 0.25) is 0 Å². The van der Waals surface area contributed by atoms with Gasteiger partial charge in [-0.2, -0.15) is 0 Å². The number of amides is 1. The number of hydrogen-bond acceptors (Lipinski definition) is 8. The van der Waals surface area contributed by atoms with Gasteiger partial charge in [0.15, 0.2) is 12.3 Å². The van der Waals surface area contributed by atoms with E-state index in [4.69, 9.17) is 21.3 Å². The maximum absolute atomic E-state index is 12.7. The number of carboxylic acid groups (broad SMARTS) is 1. The summed E-state index contributed by atoms with van der Waals surface area (Å²) in [6, 6.07) is 6.28. The molecule has 0 aliphatic heterocycles. The summed E-state index contributed by atoms with van der Waals surface area (Å²) < 4.78 is 7.88. The first-order valence-corrected chi connectivity index (χ1v) is 13.5. The van der Waals surface area contributed by atoms with E-state index in [1.807, 2.05) is 27.7 Å². The molecule has 0 bridgehead atoms. The van der Waals surface area contributed by atoms with Crippen molar-refractivity contribution in [2.75, 3.05) is 19.7 Å². The van der Waals surface area contributed by atoms with E-state index >= 15 is 0 Å². The summed E-state index contributed by atoms with van der Waals surface area (Å²) in [6.07, 6.45) is 2.12. The van der Waals surface area contributed by atoms with Crippen molar-refractivity contribution >= 4 is 23.0 Å². The minimum atomic E-state index is -1.06. The third-order valence-corrected chi connectivity index (χ3v) is 5.75. The number of rotatable bonds is 13. The number of nitrogens with one attached hydrogen (secondary N) is 2. The van der Waals surface area contributed by atoms with Gasteiger partial charge in [-0.05, 0) is 49.4 Å². The highest BCUT2D eigenvalue weighted by atomic mass is 16.5. The van der Waals surface area contributed by atoms with Crippen molar-refractivity contribution in [2.24, 2.45) is 17.4 Å². The maximum atomic E-state index is 12.7. The lowest BCUT2D eigenvalue weighted by Crippen LogP contribution is -2.43. The monoisotopic (exact) mass is 559 g/mol. The molecule has 1 amide bonds. The number of aliphatic carboxylic acids is 1. The molecule has 3 rings (SSSR count). The lowest BCUT2D eigenvalue weighted by Gasteiger charge is -2.13. The first kappa shape index (κ1) is 32.2. The Kier molecular flexibility index (Phi) is 12.6. The number of nitrogens with two attached hydrogens (primary N) is 2. The highest BCUT2D eigenvalue weighted by Gasteiger charge is 2.17. The third-order valence-electron chi connectivity index (χ3n) is 5.75. The molecule has 1 atom stereocenters. The zero-order valence-corrected chi connectivity index (χ0v) is 23.6. The number of imidazole rings is 1. The lowest BCUT2D eigenvalue weighted by molar-refractivity contribution is -0.139. The van der Waals surface area contributed by atoms with Gasteiger partial charge in [-0.25, -0.2) is 14.6 Å². The Morgan fingerprint density at radius 1 is 1.10 bits per heavy atom. The smallest absolute Gasteiger partial charge is 0.341 e. The van der Waals surface area contributed by atoms with Crippen molar-refractivity contribution in [2.45, 2.75) is 66.1 Å². The molecule has 0 radical (unpaired) electrons. The number of carbonyl (C=O) groups excluding carboxylic acids is 1. The zero-order chi connectivity index (χ0) is 29.8. The molecule has 0 aliphatic carbocycles. The molecule has 0 saturated heterocycles. The molecule has 0 saturated carbocycles. The van der Waals surface area contributed by atoms with Crippen LogP contribution in [0.1, 0.15) is 47.0 Å². The molecule has 0 aliphatic rings. The average molecular weight is 560 g/mol. The van der Waals surface area contributed by atoms with Crippen LogP contribution in [0.5, 0.6) is 5.75 Å². The Morgan fingerprint density at radius 2 is 1.73 bits per heavy atom. The summed E-state index contributed by atoms with van der Waals surface area (Å²) in [5.41, 5.74) is 11.4. The van der Waals surface area contributed by atoms with E-state index in [1.165, 1.54) is 9.13 Å². The fraction of sp³-hybridized carbons (Fsp3) is 0.519. The molecule has 0 spiro atoms. The predicted molar refractivity (Wildman–Crippen MR) is 153 cm³/mol. The van der Waals surface area contributed by atoms with Gasteiger partial charge >= 0.3 is 11.7 Å². The molecule has 0 fully saturated rings. The summed E-state index contributed by atoms with van der Waals surface area (Å²) >= 11 is 0. The topological polar surface area (TPSA) is 200 Å². The minimum absolute atomic E-state index is 0.103. The van der Waals surface area contributed by atoms with Crippen LogP contribution in [0, 0.1) is 5.92 Å². The number of ether oxygens (including phenoxy) is 1. The van der Waals surface area contributed by atoms with E-state index < -0.39 is 18.6 Å². The van der Waals surface area contributed by atoms with Crippen LogP contribution >= 0.6 is 0 Å². The van der Waals surface area contributed by atoms with Gasteiger partial charge < -0.3 is 31.6 Å². The van der Waals surface area contributed by atoms with Gasteiger partial charge in [-0.3, -0.25) is 18.7 Å². The Labute approximate surface area is 232 Å². The Balaban J connectivity index is 0.000000395. The quantitative estimate of drug-likeness (QED) is 0.204. The molecular formula is C27H41N7O6. The van der Waals surface area contributed by atoms with Crippen LogP contribution in [0.25, 0.3) is 22.6 Å². The highest BCUT2D eigenvalue weighted by molar-refractivity contribution is 5.81. The van der Waals surface area contributed by atoms with Crippen LogP contribution in [-0.2, 0) is 22.7 Å². The number of benzene rings is 1. The lowest BCUT2D eigenvalue weighted by atomic mass is 10.0. The van der Waals surface area contributed by atoms with Crippen molar-refractivity contribution in [3.8, 4) is 17.1 Å². The Morgan fingerprint density at radius 3 is 2.27 bits per heavy atom. The minimum Gasteiger partial charge on any atom is -0.482 e. The zero-order valence-electron chi connectivity index (χ0n) is 23.6. The number of aryl methyl sites for hydroxylation is 1. The van der Waals surface area contributed by atoms with Crippen molar-refractivity contribution in [1.82, 2.24) is 24.4 Å². The second-order valence-corrected chi connectivity index (χ2v) is 9.70. The number of H-pyrrole nitrogens is 1. The first-order valence-electron chi connectivity index (χ1n) is 13.5. The van der Waals surface area contributed by atoms with E-state index in [2.05, 4.69) is 15.3 Å². The molecule has 2 heterocycles. The molecule has 13 nitrogen and oxygen atoms in total. The van der Waals surface area contributed by atoms with Crippen LogP contribution < -0.4 is 32.8 Å². The summed E-state index contributed by atoms with van der Waals surface area (Å²) in [4.78, 5) is 54.7. The van der Waals surface area contributed by atoms with E-state index in [0.717, 1.165) is 12.8 Å². The molecule has 0 unspecified atom stereocenters. The van der Waals surface area contributed by atoms with Crippen LogP contribution in [0.15, 0.2) is 33.9 Å². The van der Waals surface area contributed by atoms with E-state index in [9.17, 15) is 19.2 Å². The summed E-state index contributed by atoms with van der Waals surface area (Å²) in [6.45, 7) is 9.29. The van der Waals surface area contributed by atoms with Gasteiger partial charge in [0.1, 0.15) is 17.1 Å². The number of hydrogen-bond donors (Lipinski definition) is 5. The molecule has 3 aromatic rings. The second-order valence-electron chi connectivity index (χ2n) is 9.70. The number of carbonyl (C=O) groups is 2. The third kappa shape index (κ3) is 8.78. The molecule has 1 aromatic carbocycles. The van der Waals surface area contributed by atoms with Gasteiger partial charge in [-0.1, -0.05) is 27.7 Å². The molecular weight excluding hydrogens is 518 g/mol. The van der Waals surface area contributed by atoms with Crippen LogP contribution in [0.3, 0.4) is 0 Å². The number of aromatic nitrogens is 4. The molecule has 220 valence electrons. The number of nitrogens with zero attached hydrogens (tertiary/aromatic N) is 3. The van der Waals surface area contributed by atoms with Crippen molar-refractivity contribution in [3.63, 3.8) is 0 Å². The molecule has 2 aromatic heterocycles. The van der Waals surface area contributed by atoms with Gasteiger partial charge in [0.2, 0.25) is 5.91 Å². The Hall–Kier alpha value is -3.97. The van der Waals surface area contributed by atoms with Crippen molar-refractivity contribution in [1.29, 1.82) is 0 Å². The highest BCUT2D eigenvalue weighted by Crippen LogP contribution is 2.21. The van der Waals surface area contributed by atoms with Gasteiger partial charge in [0.25, 0.3) is 5.56 Å². The number of fused-ring (bicyclic) bond motifs is 1. The molecule has 7 N–H and O–H groups in total. The standard InChI is InChI=1S/C19H22N4O5.C8H19N3O/c1-3-9-22-17-15(18(26)23(10-4-2)19(22)27)20-16(21-17)12-5-7-13(8-6-12)28-11-14(24)25;1-6(2)5-7(10)8(12)11-4-3-9/h5-8H,3-4,9-11H2,1-2H3,(H,20,21)(H,24,25);6-7H,3-5,9-10H2,1-2H3,(H,11,12)/t;7-/m.0/s1. The van der Waals surface area contributed by atoms with Crippen molar-refractivity contribution < 1.29 is 19.4 Å². The molecule has 40 heavy (non-hydrogen) atoms. The van der Waals surface area contributed by atoms with Crippen molar-refractivity contribution in [3.05, 3.63) is 45.1 Å². The SMILES string of the molecule is CC(C)C[C@H](N)C(=O)NCCN.CCCn1c(=O)c2[nH]c(-c3ccc(OCC(=O)O)cc3)nc2n(CCC)c1=O. The van der Waals surface area contributed by atoms with Crippen LogP contribution in [0.4, 0.5) is 0 Å². The number of aromatic amines is 1. The number of carboxylic acids is 1. The second kappa shape index (κ2) is 15.6. The fourth-order valence-corrected chi connectivity index (χ4v) is 3.94. The van der Waals surface area contributed by atoms with Gasteiger partial charge in [0, 0.05) is 31.7 Å². The van der Waals surface area contributed by atoms with E-state index in [0.29, 0.717) is 66.8 Å². The van der Waals surface area contributed by atoms with E-state index in [-0.39, 0.29) is 17.2 Å². The normalized spacial score (nSPS) is 11.7. The molecule has 13 heteroatoms. The summed E-state index contributed by atoms with van der Waals surface area (Å²) in [5, 5.41) is 11.3. The van der Waals surface area contributed by atoms with Crippen LogP contribution in [-0.4, -0.2) is 61.8 Å². The summed E-state index contributed by atoms with van der Waals surface area (Å²) in [5.74, 6) is 0.155. The summed E-state index contributed by atoms with van der Waals surface area (Å²) in [7, 11) is 0. The maximum Gasteiger partial charge on any atom is 0.341 e. The fourth-order valence-electron chi connectivity index (χ4n) is 3.94. The van der Waals surface area contributed by atoms with Gasteiger partial charge in [-0.15, -0.1) is 0 Å². The predicted octanol–water partition coefficient (Wildman–Crippen LogP) is 1.27.